The minimum atomic E-state index is -0.946. The zero-order valence-electron chi connectivity index (χ0n) is 15.7. The second kappa shape index (κ2) is 7.45. The Morgan fingerprint density at radius 3 is 2.82 bits per heavy atom. The van der Waals surface area contributed by atoms with E-state index < -0.39 is 34.9 Å². The predicted octanol–water partition coefficient (Wildman–Crippen LogP) is 2.04. The normalized spacial score (nSPS) is 24.2. The molecule has 1 aromatic carbocycles. The fourth-order valence-electron chi connectivity index (χ4n) is 3.88. The van der Waals surface area contributed by atoms with Crippen molar-refractivity contribution in [2.45, 2.75) is 38.1 Å². The molecule has 0 bridgehead atoms. The highest BCUT2D eigenvalue weighted by Gasteiger charge is 2.55. The number of ether oxygens (including phenoxy) is 1. The smallest absolute Gasteiger partial charge is 0.325 e. The van der Waals surface area contributed by atoms with E-state index in [2.05, 4.69) is 10.6 Å². The van der Waals surface area contributed by atoms with Crippen LogP contribution in [0.1, 0.15) is 32.6 Å². The maximum atomic E-state index is 12.9. The van der Waals surface area contributed by atoms with Gasteiger partial charge in [0.05, 0.1) is 17.7 Å². The van der Waals surface area contributed by atoms with E-state index in [4.69, 9.17) is 4.74 Å². The van der Waals surface area contributed by atoms with Crippen LogP contribution < -0.4 is 15.4 Å². The summed E-state index contributed by atoms with van der Waals surface area (Å²) in [6.07, 6.45) is 3.22. The minimum Gasteiger partial charge on any atom is -0.495 e. The molecule has 1 saturated heterocycles. The van der Waals surface area contributed by atoms with Crippen LogP contribution in [0, 0.1) is 16.0 Å². The molecule has 28 heavy (non-hydrogen) atoms. The molecule has 10 heteroatoms. The Morgan fingerprint density at radius 1 is 1.43 bits per heavy atom. The molecule has 1 heterocycles. The summed E-state index contributed by atoms with van der Waals surface area (Å²) in [7, 11) is 1.36. The fourth-order valence-corrected chi connectivity index (χ4v) is 3.88. The molecule has 0 aromatic heterocycles. The molecule has 1 spiro atoms. The largest absolute Gasteiger partial charge is 0.495 e. The first-order valence-electron chi connectivity index (χ1n) is 9.05. The first-order valence-corrected chi connectivity index (χ1v) is 9.05. The molecule has 1 aliphatic heterocycles. The van der Waals surface area contributed by atoms with Crippen molar-refractivity contribution in [3.05, 3.63) is 28.3 Å². The van der Waals surface area contributed by atoms with Crippen molar-refractivity contribution < 1.29 is 24.0 Å². The van der Waals surface area contributed by atoms with Gasteiger partial charge >= 0.3 is 6.03 Å². The first kappa shape index (κ1) is 19.6. The number of anilines is 1. The van der Waals surface area contributed by atoms with Crippen molar-refractivity contribution in [2.75, 3.05) is 19.0 Å². The number of methoxy groups -OCH3 is 1. The Bertz CT molecular complexity index is 841. The van der Waals surface area contributed by atoms with Gasteiger partial charge in [-0.1, -0.05) is 19.8 Å². The van der Waals surface area contributed by atoms with Gasteiger partial charge in [-0.05, 0) is 24.8 Å². The van der Waals surface area contributed by atoms with Crippen LogP contribution in [0.2, 0.25) is 0 Å². The molecule has 2 aliphatic rings. The lowest BCUT2D eigenvalue weighted by atomic mass is 9.73. The number of nitro groups is 1. The van der Waals surface area contributed by atoms with Gasteiger partial charge in [0, 0.05) is 12.1 Å². The topological polar surface area (TPSA) is 131 Å². The number of rotatable bonds is 5. The average Bonchev–Trinajstić information content (AvgIpc) is 2.89. The van der Waals surface area contributed by atoms with Crippen LogP contribution in [0.3, 0.4) is 0 Å². The van der Waals surface area contributed by atoms with Crippen LogP contribution >= 0.6 is 0 Å². The highest BCUT2D eigenvalue weighted by Crippen LogP contribution is 2.38. The van der Waals surface area contributed by atoms with Gasteiger partial charge in [-0.3, -0.25) is 24.6 Å². The number of imide groups is 1. The summed E-state index contributed by atoms with van der Waals surface area (Å²) in [6.45, 7) is 1.44. The van der Waals surface area contributed by atoms with E-state index in [0.717, 1.165) is 30.2 Å². The standard InChI is InChI=1S/C18H22N4O6/c1-11-5-3-4-8-18(11)16(24)21(17(25)20-18)10-15(23)19-13-9-12(22(26)27)6-7-14(13)28-2/h6-7,9,11H,3-5,8,10H2,1-2H3,(H,19,23)(H,20,25)/t11-,18+/m1/s1. The summed E-state index contributed by atoms with van der Waals surface area (Å²) >= 11 is 0. The number of benzene rings is 1. The third kappa shape index (κ3) is 3.37. The van der Waals surface area contributed by atoms with Crippen LogP contribution in [-0.4, -0.2) is 46.9 Å². The quantitative estimate of drug-likeness (QED) is 0.449. The van der Waals surface area contributed by atoms with Gasteiger partial charge in [-0.25, -0.2) is 4.79 Å². The van der Waals surface area contributed by atoms with Crippen molar-refractivity contribution in [3.8, 4) is 5.75 Å². The van der Waals surface area contributed by atoms with E-state index in [1.54, 1.807) is 0 Å². The summed E-state index contributed by atoms with van der Waals surface area (Å²) in [5.41, 5.74) is -1.07. The summed E-state index contributed by atoms with van der Waals surface area (Å²) in [4.78, 5) is 49.0. The molecule has 2 atom stereocenters. The van der Waals surface area contributed by atoms with Crippen LogP contribution in [0.15, 0.2) is 18.2 Å². The predicted molar refractivity (Wildman–Crippen MR) is 98.9 cm³/mol. The zero-order valence-corrected chi connectivity index (χ0v) is 15.7. The number of nitro benzene ring substituents is 1. The second-order valence-electron chi connectivity index (χ2n) is 7.13. The second-order valence-corrected chi connectivity index (χ2v) is 7.13. The van der Waals surface area contributed by atoms with Gasteiger partial charge < -0.3 is 15.4 Å². The lowest BCUT2D eigenvalue weighted by molar-refractivity contribution is -0.384. The maximum absolute atomic E-state index is 12.9. The van der Waals surface area contributed by atoms with Crippen molar-refractivity contribution in [1.82, 2.24) is 10.2 Å². The minimum absolute atomic E-state index is 0.0115. The van der Waals surface area contributed by atoms with Gasteiger partial charge in [-0.2, -0.15) is 0 Å². The van der Waals surface area contributed by atoms with Gasteiger partial charge in [-0.15, -0.1) is 0 Å². The molecule has 4 amide bonds. The van der Waals surface area contributed by atoms with Gasteiger partial charge in [0.15, 0.2) is 0 Å². The molecule has 1 aliphatic carbocycles. The van der Waals surface area contributed by atoms with Crippen molar-refractivity contribution >= 4 is 29.2 Å². The Hall–Kier alpha value is -3.17. The molecule has 3 rings (SSSR count). The lowest BCUT2D eigenvalue weighted by Gasteiger charge is -2.36. The molecule has 10 nitrogen and oxygen atoms in total. The Labute approximate surface area is 161 Å². The lowest BCUT2D eigenvalue weighted by Crippen LogP contribution is -2.54. The average molecular weight is 390 g/mol. The van der Waals surface area contributed by atoms with Gasteiger partial charge in [0.25, 0.3) is 11.6 Å². The van der Waals surface area contributed by atoms with Crippen LogP contribution in [0.4, 0.5) is 16.2 Å². The maximum Gasteiger partial charge on any atom is 0.325 e. The van der Waals surface area contributed by atoms with Gasteiger partial charge in [0.2, 0.25) is 5.91 Å². The highest BCUT2D eigenvalue weighted by atomic mass is 16.6. The van der Waals surface area contributed by atoms with E-state index in [-0.39, 0.29) is 23.0 Å². The van der Waals surface area contributed by atoms with Crippen molar-refractivity contribution in [2.24, 2.45) is 5.92 Å². The van der Waals surface area contributed by atoms with E-state index in [1.165, 1.54) is 19.2 Å². The summed E-state index contributed by atoms with van der Waals surface area (Å²) in [5, 5.41) is 16.2. The monoisotopic (exact) mass is 390 g/mol. The number of hydrogen-bond acceptors (Lipinski definition) is 6. The van der Waals surface area contributed by atoms with Crippen molar-refractivity contribution in [1.29, 1.82) is 0 Å². The molecule has 150 valence electrons. The van der Waals surface area contributed by atoms with Crippen LogP contribution in [-0.2, 0) is 9.59 Å². The van der Waals surface area contributed by atoms with Crippen LogP contribution in [0.25, 0.3) is 0 Å². The number of carbonyl (C=O) groups excluding carboxylic acids is 3. The molecule has 2 N–H and O–H groups in total. The molecule has 1 aromatic rings. The summed E-state index contributed by atoms with van der Waals surface area (Å²) in [5.74, 6) is -0.829. The number of non-ortho nitro benzene ring substituents is 1. The fraction of sp³-hybridized carbons (Fsp3) is 0.500. The Balaban J connectivity index is 1.75. The number of nitrogens with one attached hydrogen (secondary N) is 2. The Kier molecular flexibility index (Phi) is 5.21. The molecular weight excluding hydrogens is 368 g/mol. The number of hydrogen-bond donors (Lipinski definition) is 2. The number of carbonyl (C=O) groups is 3. The van der Waals surface area contributed by atoms with E-state index in [1.807, 2.05) is 6.92 Å². The third-order valence-electron chi connectivity index (χ3n) is 5.47. The number of nitrogens with zero attached hydrogens (tertiary/aromatic N) is 2. The SMILES string of the molecule is COc1ccc([N+](=O)[O-])cc1NC(=O)CN1C(=O)N[C@]2(CCCC[C@H]2C)C1=O. The van der Waals surface area contributed by atoms with E-state index >= 15 is 0 Å². The van der Waals surface area contributed by atoms with Crippen LogP contribution in [0.5, 0.6) is 5.75 Å². The number of urea groups is 1. The molecule has 2 fully saturated rings. The number of amides is 4. The zero-order chi connectivity index (χ0) is 20.5. The van der Waals surface area contributed by atoms with E-state index in [0.29, 0.717) is 6.42 Å². The third-order valence-corrected chi connectivity index (χ3v) is 5.47. The first-order chi connectivity index (χ1) is 13.3. The molecule has 0 radical (unpaired) electrons. The van der Waals surface area contributed by atoms with E-state index in [9.17, 15) is 24.5 Å². The summed E-state index contributed by atoms with van der Waals surface area (Å²) < 4.78 is 5.10. The van der Waals surface area contributed by atoms with Crippen molar-refractivity contribution in [3.63, 3.8) is 0 Å². The molecule has 0 unspecified atom stereocenters. The Morgan fingerprint density at radius 2 is 2.18 bits per heavy atom. The molecular formula is C18H22N4O6. The summed E-state index contributed by atoms with van der Waals surface area (Å²) in [6, 6.07) is 3.17. The van der Waals surface area contributed by atoms with Gasteiger partial charge in [0.1, 0.15) is 17.8 Å². The highest BCUT2D eigenvalue weighted by molar-refractivity contribution is 6.10. The molecule has 1 saturated carbocycles.